The molecule has 1 N–H and O–H groups in total. The molecule has 3 nitrogen and oxygen atoms in total. The van der Waals surface area contributed by atoms with Gasteiger partial charge in [-0.1, -0.05) is 29.8 Å². The number of benzene rings is 1. The first-order valence-corrected chi connectivity index (χ1v) is 6.73. The number of carbonyl (C=O) groups is 1. The molecule has 0 bridgehead atoms. The first-order chi connectivity index (χ1) is 8.60. The summed E-state index contributed by atoms with van der Waals surface area (Å²) in [5.74, 6) is 0.124. The lowest BCUT2D eigenvalue weighted by molar-refractivity contribution is -0.129. The molecule has 18 heavy (non-hydrogen) atoms. The first-order valence-electron chi connectivity index (χ1n) is 6.35. The zero-order valence-corrected chi connectivity index (χ0v) is 12.0. The Labute approximate surface area is 114 Å². The second-order valence-corrected chi connectivity index (χ2v) is 4.60. The molecule has 0 heterocycles. The Morgan fingerprint density at radius 3 is 2.50 bits per heavy atom. The van der Waals surface area contributed by atoms with Crippen LogP contribution >= 0.6 is 11.6 Å². The molecule has 0 fully saturated rings. The van der Waals surface area contributed by atoms with Gasteiger partial charge in [-0.05, 0) is 32.4 Å². The Kier molecular flexibility index (Phi) is 6.16. The summed E-state index contributed by atoms with van der Waals surface area (Å²) in [6.45, 7) is 7.82. The van der Waals surface area contributed by atoms with Gasteiger partial charge in [0.25, 0.3) is 0 Å². The van der Waals surface area contributed by atoms with Crippen LogP contribution in [-0.2, 0) is 4.79 Å². The van der Waals surface area contributed by atoms with Gasteiger partial charge in [-0.3, -0.25) is 4.79 Å². The van der Waals surface area contributed by atoms with E-state index >= 15 is 0 Å². The number of amides is 1. The summed E-state index contributed by atoms with van der Waals surface area (Å²) in [6, 6.07) is 7.76. The third-order valence-corrected chi connectivity index (χ3v) is 3.39. The lowest BCUT2D eigenvalue weighted by Crippen LogP contribution is -2.38. The summed E-state index contributed by atoms with van der Waals surface area (Å²) in [5.41, 5.74) is 1.02. The molecule has 0 radical (unpaired) electrons. The zero-order chi connectivity index (χ0) is 13.5. The minimum absolute atomic E-state index is 0.0678. The van der Waals surface area contributed by atoms with Crippen molar-refractivity contribution in [3.8, 4) is 0 Å². The summed E-state index contributed by atoms with van der Waals surface area (Å²) in [6.07, 6.45) is 0. The van der Waals surface area contributed by atoms with Crippen LogP contribution in [-0.4, -0.2) is 30.4 Å². The SMILES string of the molecule is CCN(CC)C(=O)CN[C@H](C)c1ccccc1Cl. The fourth-order valence-electron chi connectivity index (χ4n) is 1.86. The largest absolute Gasteiger partial charge is 0.342 e. The fraction of sp³-hybridized carbons (Fsp3) is 0.500. The molecule has 1 atom stereocenters. The zero-order valence-electron chi connectivity index (χ0n) is 11.2. The van der Waals surface area contributed by atoms with Crippen LogP contribution < -0.4 is 5.32 Å². The van der Waals surface area contributed by atoms with Crippen LogP contribution in [0.25, 0.3) is 0 Å². The Hall–Kier alpha value is -1.06. The van der Waals surface area contributed by atoms with Gasteiger partial charge < -0.3 is 10.2 Å². The van der Waals surface area contributed by atoms with E-state index in [4.69, 9.17) is 11.6 Å². The van der Waals surface area contributed by atoms with Crippen LogP contribution in [0.1, 0.15) is 32.4 Å². The number of carbonyl (C=O) groups excluding carboxylic acids is 1. The molecule has 0 saturated heterocycles. The van der Waals surface area contributed by atoms with E-state index in [1.54, 1.807) is 0 Å². The van der Waals surface area contributed by atoms with E-state index < -0.39 is 0 Å². The fourth-order valence-corrected chi connectivity index (χ4v) is 2.16. The average molecular weight is 269 g/mol. The van der Waals surface area contributed by atoms with Crippen LogP contribution in [0.2, 0.25) is 5.02 Å². The van der Waals surface area contributed by atoms with Crippen molar-refractivity contribution in [2.75, 3.05) is 19.6 Å². The average Bonchev–Trinajstić information content (AvgIpc) is 2.38. The maximum absolute atomic E-state index is 11.9. The van der Waals surface area contributed by atoms with Gasteiger partial charge in [0.1, 0.15) is 0 Å². The van der Waals surface area contributed by atoms with E-state index in [-0.39, 0.29) is 11.9 Å². The number of halogens is 1. The van der Waals surface area contributed by atoms with Gasteiger partial charge in [0.05, 0.1) is 6.54 Å². The quantitative estimate of drug-likeness (QED) is 0.860. The molecular weight excluding hydrogens is 248 g/mol. The molecule has 0 aliphatic rings. The molecule has 0 unspecified atom stereocenters. The lowest BCUT2D eigenvalue weighted by Gasteiger charge is -2.21. The van der Waals surface area contributed by atoms with Crippen LogP contribution in [0.15, 0.2) is 24.3 Å². The number of likely N-dealkylation sites (N-methyl/N-ethyl adjacent to an activating group) is 1. The third-order valence-electron chi connectivity index (χ3n) is 3.05. The first kappa shape index (κ1) is 15.0. The topological polar surface area (TPSA) is 32.3 Å². The van der Waals surface area contributed by atoms with E-state index in [0.717, 1.165) is 23.7 Å². The van der Waals surface area contributed by atoms with Gasteiger partial charge in [0, 0.05) is 24.2 Å². The highest BCUT2D eigenvalue weighted by Crippen LogP contribution is 2.21. The number of nitrogens with zero attached hydrogens (tertiary/aromatic N) is 1. The molecule has 100 valence electrons. The molecule has 1 rings (SSSR count). The third kappa shape index (κ3) is 4.00. The molecule has 0 saturated carbocycles. The van der Waals surface area contributed by atoms with Crippen LogP contribution in [0.5, 0.6) is 0 Å². The molecule has 1 aromatic rings. The van der Waals surface area contributed by atoms with Crippen molar-refractivity contribution in [3.63, 3.8) is 0 Å². The number of nitrogens with one attached hydrogen (secondary N) is 1. The second-order valence-electron chi connectivity index (χ2n) is 4.19. The Bertz CT molecular complexity index is 391. The van der Waals surface area contributed by atoms with Gasteiger partial charge in [-0.2, -0.15) is 0 Å². The summed E-state index contributed by atoms with van der Waals surface area (Å²) in [4.78, 5) is 13.7. The number of hydrogen-bond donors (Lipinski definition) is 1. The standard InChI is InChI=1S/C14H21ClN2O/c1-4-17(5-2)14(18)10-16-11(3)12-8-6-7-9-13(12)15/h6-9,11,16H,4-5,10H2,1-3H3/t11-/m1/s1. The molecule has 0 aromatic heterocycles. The molecule has 1 aromatic carbocycles. The highest BCUT2D eigenvalue weighted by molar-refractivity contribution is 6.31. The molecule has 0 aliphatic heterocycles. The van der Waals surface area contributed by atoms with E-state index in [1.807, 2.05) is 49.9 Å². The van der Waals surface area contributed by atoms with Crippen molar-refractivity contribution in [2.45, 2.75) is 26.8 Å². The Morgan fingerprint density at radius 2 is 1.94 bits per heavy atom. The highest BCUT2D eigenvalue weighted by atomic mass is 35.5. The van der Waals surface area contributed by atoms with Crippen molar-refractivity contribution in [1.29, 1.82) is 0 Å². The Morgan fingerprint density at radius 1 is 1.33 bits per heavy atom. The predicted octanol–water partition coefficient (Wildman–Crippen LogP) is 2.86. The van der Waals surface area contributed by atoms with E-state index in [9.17, 15) is 4.79 Å². The van der Waals surface area contributed by atoms with Gasteiger partial charge in [-0.15, -0.1) is 0 Å². The van der Waals surface area contributed by atoms with E-state index in [2.05, 4.69) is 5.32 Å². The van der Waals surface area contributed by atoms with Crippen LogP contribution in [0, 0.1) is 0 Å². The summed E-state index contributed by atoms with van der Waals surface area (Å²) < 4.78 is 0. The van der Waals surface area contributed by atoms with Gasteiger partial charge in [0.2, 0.25) is 5.91 Å². The molecular formula is C14H21ClN2O. The highest BCUT2D eigenvalue weighted by Gasteiger charge is 2.13. The second kappa shape index (κ2) is 7.39. The Balaban J connectivity index is 2.54. The smallest absolute Gasteiger partial charge is 0.236 e. The van der Waals surface area contributed by atoms with Crippen molar-refractivity contribution in [3.05, 3.63) is 34.9 Å². The monoisotopic (exact) mass is 268 g/mol. The van der Waals surface area contributed by atoms with Crippen molar-refractivity contribution < 1.29 is 4.79 Å². The van der Waals surface area contributed by atoms with E-state index in [0.29, 0.717) is 6.54 Å². The molecule has 4 heteroatoms. The van der Waals surface area contributed by atoms with Crippen molar-refractivity contribution in [2.24, 2.45) is 0 Å². The van der Waals surface area contributed by atoms with Gasteiger partial charge >= 0.3 is 0 Å². The summed E-state index contributed by atoms with van der Waals surface area (Å²) in [7, 11) is 0. The molecule has 0 aliphatic carbocycles. The van der Waals surface area contributed by atoms with Crippen LogP contribution in [0.3, 0.4) is 0 Å². The summed E-state index contributed by atoms with van der Waals surface area (Å²) >= 11 is 6.12. The minimum atomic E-state index is 0.0678. The van der Waals surface area contributed by atoms with Gasteiger partial charge in [0.15, 0.2) is 0 Å². The van der Waals surface area contributed by atoms with Crippen molar-refractivity contribution in [1.82, 2.24) is 10.2 Å². The molecule has 1 amide bonds. The van der Waals surface area contributed by atoms with Gasteiger partial charge in [-0.25, -0.2) is 0 Å². The summed E-state index contributed by atoms with van der Waals surface area (Å²) in [5, 5.41) is 3.94. The van der Waals surface area contributed by atoms with E-state index in [1.165, 1.54) is 0 Å². The minimum Gasteiger partial charge on any atom is -0.342 e. The number of hydrogen-bond acceptors (Lipinski definition) is 2. The normalized spacial score (nSPS) is 12.2. The maximum atomic E-state index is 11.9. The maximum Gasteiger partial charge on any atom is 0.236 e. The van der Waals surface area contributed by atoms with Crippen molar-refractivity contribution >= 4 is 17.5 Å². The lowest BCUT2D eigenvalue weighted by atomic mass is 10.1. The van der Waals surface area contributed by atoms with Crippen LogP contribution in [0.4, 0.5) is 0 Å². The molecule has 0 spiro atoms. The predicted molar refractivity (Wildman–Crippen MR) is 75.8 cm³/mol. The number of rotatable bonds is 6.